The van der Waals surface area contributed by atoms with Crippen LogP contribution in [0.1, 0.15) is 0 Å². The molecule has 0 aliphatic rings. The molecule has 7 heteroatoms. The fourth-order valence-corrected chi connectivity index (χ4v) is 2.43. The number of halogens is 2. The highest BCUT2D eigenvalue weighted by Crippen LogP contribution is 2.41. The Labute approximate surface area is 98.1 Å². The Balaban J connectivity index is 2.93. The maximum Gasteiger partial charge on any atom is 0.319 e. The molecular formula is C7H6Br2O4P-. The van der Waals surface area contributed by atoms with E-state index in [0.29, 0.717) is 4.47 Å². The molecule has 0 fully saturated rings. The van der Waals surface area contributed by atoms with Crippen LogP contribution in [0.3, 0.4) is 0 Å². The van der Waals surface area contributed by atoms with Gasteiger partial charge < -0.3 is 13.9 Å². The molecule has 0 radical (unpaired) electrons. The van der Waals surface area contributed by atoms with E-state index in [1.165, 1.54) is 6.07 Å². The third-order valence-electron chi connectivity index (χ3n) is 1.33. The van der Waals surface area contributed by atoms with Gasteiger partial charge in [0.25, 0.3) is 0 Å². The summed E-state index contributed by atoms with van der Waals surface area (Å²) in [4.78, 5) is 11.0. The molecule has 0 aliphatic heterocycles. The van der Waals surface area contributed by atoms with Crippen molar-refractivity contribution in [2.24, 2.45) is 0 Å². The van der Waals surface area contributed by atoms with E-state index in [1.54, 1.807) is 12.1 Å². The van der Waals surface area contributed by atoms with Crippen molar-refractivity contribution in [2.45, 2.75) is 0 Å². The Kier molecular flexibility index (Phi) is 4.15. The first kappa shape index (κ1) is 12.2. The predicted octanol–water partition coefficient (Wildman–Crippen LogP) is 2.71. The minimum Gasteiger partial charge on any atom is -0.746 e. The van der Waals surface area contributed by atoms with Crippen molar-refractivity contribution in [1.29, 1.82) is 0 Å². The van der Waals surface area contributed by atoms with Crippen molar-refractivity contribution in [2.75, 3.05) is 7.11 Å². The van der Waals surface area contributed by atoms with Gasteiger partial charge in [0.15, 0.2) is 0 Å². The summed E-state index contributed by atoms with van der Waals surface area (Å²) in [7, 11) is -3.19. The van der Waals surface area contributed by atoms with Gasteiger partial charge in [-0.3, -0.25) is 4.57 Å². The van der Waals surface area contributed by atoms with Crippen LogP contribution >= 0.6 is 39.7 Å². The van der Waals surface area contributed by atoms with Crippen molar-refractivity contribution in [3.8, 4) is 5.75 Å². The van der Waals surface area contributed by atoms with Crippen LogP contribution < -0.4 is 9.42 Å². The van der Waals surface area contributed by atoms with E-state index in [-0.39, 0.29) is 5.75 Å². The molecule has 14 heavy (non-hydrogen) atoms. The molecule has 0 heterocycles. The summed E-state index contributed by atoms with van der Waals surface area (Å²) in [6, 6.07) is 4.85. The molecule has 1 aromatic carbocycles. The fraction of sp³-hybridized carbons (Fsp3) is 0.143. The second-order valence-corrected chi connectivity index (χ2v) is 5.51. The summed E-state index contributed by atoms with van der Waals surface area (Å²) in [6.45, 7) is 0. The average molecular weight is 345 g/mol. The Morgan fingerprint density at radius 3 is 2.57 bits per heavy atom. The lowest BCUT2D eigenvalue weighted by molar-refractivity contribution is -0.214. The summed E-state index contributed by atoms with van der Waals surface area (Å²) in [5.74, 6) is 0.188. The van der Waals surface area contributed by atoms with Crippen LogP contribution in [-0.4, -0.2) is 7.11 Å². The zero-order valence-electron chi connectivity index (χ0n) is 7.07. The third-order valence-corrected chi connectivity index (χ3v) is 3.31. The second-order valence-electron chi connectivity index (χ2n) is 2.30. The normalized spacial score (nSPS) is 14.9. The monoisotopic (exact) mass is 343 g/mol. The number of phosphoric ester groups is 1. The molecule has 78 valence electrons. The molecule has 1 rings (SSSR count). The lowest BCUT2D eigenvalue weighted by Crippen LogP contribution is -2.08. The van der Waals surface area contributed by atoms with Gasteiger partial charge in [0.05, 0.1) is 4.47 Å². The van der Waals surface area contributed by atoms with Crippen LogP contribution in [0.5, 0.6) is 5.75 Å². The molecule has 0 saturated carbocycles. The lowest BCUT2D eigenvalue weighted by atomic mass is 10.3. The smallest absolute Gasteiger partial charge is 0.319 e. The van der Waals surface area contributed by atoms with Crippen LogP contribution in [0.2, 0.25) is 0 Å². The zero-order chi connectivity index (χ0) is 10.8. The van der Waals surface area contributed by atoms with Crippen molar-refractivity contribution < 1.29 is 18.5 Å². The van der Waals surface area contributed by atoms with Gasteiger partial charge in [0.2, 0.25) is 0 Å². The van der Waals surface area contributed by atoms with Gasteiger partial charge in [-0.15, -0.1) is 0 Å². The number of phosphoric acid groups is 1. The van der Waals surface area contributed by atoms with Gasteiger partial charge in [-0.2, -0.15) is 0 Å². The molecule has 0 amide bonds. The fourth-order valence-electron chi connectivity index (χ4n) is 0.707. The molecule has 1 aromatic rings. The molecule has 0 aliphatic carbocycles. The van der Waals surface area contributed by atoms with Crippen LogP contribution in [0, 0.1) is 0 Å². The molecule has 0 aromatic heterocycles. The number of hydrogen-bond acceptors (Lipinski definition) is 4. The van der Waals surface area contributed by atoms with E-state index in [4.69, 9.17) is 0 Å². The topological polar surface area (TPSA) is 58.6 Å². The van der Waals surface area contributed by atoms with Gasteiger partial charge in [-0.1, -0.05) is 15.9 Å². The van der Waals surface area contributed by atoms with Gasteiger partial charge in [0, 0.05) is 11.6 Å². The molecule has 0 bridgehead atoms. The quantitative estimate of drug-likeness (QED) is 0.791. The Hall–Kier alpha value is 0.130. The average Bonchev–Trinajstić information content (AvgIpc) is 2.10. The standard InChI is InChI=1S/C7H7Br2O4P/c1-12-14(10,11)13-7-3-2-5(8)4-6(7)9/h2-4H,1H3,(H,10,11)/p-1. The highest BCUT2D eigenvalue weighted by atomic mass is 79.9. The van der Waals surface area contributed by atoms with Crippen LogP contribution in [0.25, 0.3) is 0 Å². The highest BCUT2D eigenvalue weighted by Gasteiger charge is 2.11. The molecule has 1 atom stereocenters. The van der Waals surface area contributed by atoms with E-state index >= 15 is 0 Å². The molecule has 4 nitrogen and oxygen atoms in total. The summed E-state index contributed by atoms with van der Waals surface area (Å²) >= 11 is 6.39. The van der Waals surface area contributed by atoms with E-state index < -0.39 is 7.82 Å². The SMILES string of the molecule is COP(=O)([O-])Oc1ccc(Br)cc1Br. The Morgan fingerprint density at radius 1 is 1.43 bits per heavy atom. The molecule has 1 unspecified atom stereocenters. The van der Waals surface area contributed by atoms with Gasteiger partial charge in [-0.05, 0) is 34.1 Å². The minimum absolute atomic E-state index is 0.188. The van der Waals surface area contributed by atoms with Crippen molar-refractivity contribution >= 4 is 39.7 Å². The van der Waals surface area contributed by atoms with E-state index in [1.807, 2.05) is 0 Å². The molecular weight excluding hydrogens is 339 g/mol. The first-order valence-electron chi connectivity index (χ1n) is 3.46. The number of benzene rings is 1. The maximum absolute atomic E-state index is 11.0. The lowest BCUT2D eigenvalue weighted by Gasteiger charge is -2.21. The van der Waals surface area contributed by atoms with Gasteiger partial charge >= 0.3 is 7.82 Å². The highest BCUT2D eigenvalue weighted by molar-refractivity contribution is 9.11. The second kappa shape index (κ2) is 4.77. The summed E-state index contributed by atoms with van der Waals surface area (Å²) in [5.41, 5.74) is 0. The van der Waals surface area contributed by atoms with Crippen molar-refractivity contribution in [3.63, 3.8) is 0 Å². The molecule has 0 N–H and O–H groups in total. The van der Waals surface area contributed by atoms with Crippen molar-refractivity contribution in [1.82, 2.24) is 0 Å². The van der Waals surface area contributed by atoms with E-state index in [2.05, 4.69) is 40.9 Å². The van der Waals surface area contributed by atoms with Crippen LogP contribution in [-0.2, 0) is 9.09 Å². The first-order valence-corrected chi connectivity index (χ1v) is 6.51. The predicted molar refractivity (Wildman–Crippen MR) is 57.1 cm³/mol. The Bertz CT molecular complexity index is 382. The number of rotatable bonds is 3. The zero-order valence-corrected chi connectivity index (χ0v) is 11.1. The van der Waals surface area contributed by atoms with Gasteiger partial charge in [0.1, 0.15) is 5.75 Å². The summed E-state index contributed by atoms with van der Waals surface area (Å²) < 4.78 is 21.1. The van der Waals surface area contributed by atoms with E-state index in [0.717, 1.165) is 11.6 Å². The van der Waals surface area contributed by atoms with Crippen LogP contribution in [0.15, 0.2) is 27.1 Å². The largest absolute Gasteiger partial charge is 0.746 e. The van der Waals surface area contributed by atoms with Gasteiger partial charge in [-0.25, -0.2) is 0 Å². The minimum atomic E-state index is -4.23. The van der Waals surface area contributed by atoms with Crippen LogP contribution in [0.4, 0.5) is 0 Å². The molecule has 0 saturated heterocycles. The third kappa shape index (κ3) is 3.37. The van der Waals surface area contributed by atoms with E-state index in [9.17, 15) is 9.46 Å². The summed E-state index contributed by atoms with van der Waals surface area (Å²) in [5, 5.41) is 0. The molecule has 0 spiro atoms. The summed E-state index contributed by atoms with van der Waals surface area (Å²) in [6.07, 6.45) is 0. The first-order chi connectivity index (χ1) is 6.44. The van der Waals surface area contributed by atoms with Crippen molar-refractivity contribution in [3.05, 3.63) is 27.1 Å². The maximum atomic E-state index is 11.0. The number of hydrogen-bond donors (Lipinski definition) is 0. The Morgan fingerprint density at radius 2 is 2.07 bits per heavy atom.